The van der Waals surface area contributed by atoms with E-state index in [4.69, 9.17) is 27.9 Å². The molecule has 3 amide bonds. The lowest BCUT2D eigenvalue weighted by atomic mass is 10.0. The number of para-hydroxylation sites is 1. The summed E-state index contributed by atoms with van der Waals surface area (Å²) >= 11 is 13.0. The molecule has 0 spiro atoms. The zero-order valence-electron chi connectivity index (χ0n) is 20.2. The smallest absolute Gasteiger partial charge is 0.293 e. The molecule has 0 aliphatic carbocycles. The van der Waals surface area contributed by atoms with Gasteiger partial charge in [-0.3, -0.25) is 19.3 Å². The van der Waals surface area contributed by atoms with Gasteiger partial charge in [-0.15, -0.1) is 0 Å². The van der Waals surface area contributed by atoms with Crippen molar-refractivity contribution < 1.29 is 19.1 Å². The summed E-state index contributed by atoms with van der Waals surface area (Å²) in [7, 11) is 0. The number of thioether (sulfide) groups is 1. The van der Waals surface area contributed by atoms with Gasteiger partial charge >= 0.3 is 0 Å². The largest absolute Gasteiger partial charge is 0.484 e. The number of hydrogen-bond acceptors (Lipinski definition) is 5. The third-order valence-electron chi connectivity index (χ3n) is 5.62. The maximum Gasteiger partial charge on any atom is 0.293 e. The minimum atomic E-state index is -0.389. The van der Waals surface area contributed by atoms with Crippen LogP contribution in [-0.2, 0) is 16.1 Å². The molecule has 3 aromatic carbocycles. The summed E-state index contributed by atoms with van der Waals surface area (Å²) in [6.07, 6.45) is 1.65. The molecule has 0 aromatic heterocycles. The number of amides is 3. The predicted octanol–water partition coefficient (Wildman–Crippen LogP) is 7.37. The SMILES string of the molecule is CC(C)c1ccccc1NC(=O)COc1ccc(/C=C2/SC(=O)N(Cc3ccc(Cl)cc3Cl)C2=O)cc1. The van der Waals surface area contributed by atoms with Crippen LogP contribution in [0.1, 0.15) is 36.5 Å². The molecule has 3 aromatic rings. The van der Waals surface area contributed by atoms with Crippen LogP contribution in [0, 0.1) is 0 Å². The summed E-state index contributed by atoms with van der Waals surface area (Å²) in [5.74, 6) is 0.142. The summed E-state index contributed by atoms with van der Waals surface area (Å²) in [6, 6.07) is 19.5. The van der Waals surface area contributed by atoms with Gasteiger partial charge in [0.2, 0.25) is 0 Å². The third-order valence-corrected chi connectivity index (χ3v) is 7.12. The number of benzene rings is 3. The van der Waals surface area contributed by atoms with Gasteiger partial charge in [-0.1, -0.05) is 73.4 Å². The topological polar surface area (TPSA) is 75.7 Å². The van der Waals surface area contributed by atoms with Crippen LogP contribution in [-0.4, -0.2) is 28.6 Å². The molecule has 1 saturated heterocycles. The normalized spacial score (nSPS) is 14.5. The number of carbonyl (C=O) groups excluding carboxylic acids is 3. The number of anilines is 1. The molecule has 0 radical (unpaired) electrons. The number of ether oxygens (including phenoxy) is 1. The summed E-state index contributed by atoms with van der Waals surface area (Å²) < 4.78 is 5.62. The Hall–Kier alpha value is -3.26. The van der Waals surface area contributed by atoms with Crippen LogP contribution >= 0.6 is 35.0 Å². The zero-order chi connectivity index (χ0) is 26.5. The van der Waals surface area contributed by atoms with Gasteiger partial charge in [0.05, 0.1) is 11.4 Å². The van der Waals surface area contributed by atoms with Gasteiger partial charge in [0.1, 0.15) is 5.75 Å². The van der Waals surface area contributed by atoms with Gasteiger partial charge in [-0.25, -0.2) is 0 Å². The minimum absolute atomic E-state index is 0.0640. The lowest BCUT2D eigenvalue weighted by Crippen LogP contribution is -2.27. The molecule has 9 heteroatoms. The van der Waals surface area contributed by atoms with Crippen molar-refractivity contribution in [3.05, 3.63) is 98.4 Å². The van der Waals surface area contributed by atoms with Gasteiger partial charge in [0.25, 0.3) is 17.1 Å². The van der Waals surface area contributed by atoms with Gasteiger partial charge in [0, 0.05) is 15.7 Å². The molecule has 37 heavy (non-hydrogen) atoms. The molecule has 6 nitrogen and oxygen atoms in total. The van der Waals surface area contributed by atoms with Crippen LogP contribution in [0.15, 0.2) is 71.6 Å². The number of rotatable bonds is 8. The van der Waals surface area contributed by atoms with E-state index in [1.807, 2.05) is 24.3 Å². The highest BCUT2D eigenvalue weighted by atomic mass is 35.5. The maximum absolute atomic E-state index is 12.8. The molecule has 1 aliphatic heterocycles. The molecule has 0 saturated carbocycles. The molecule has 190 valence electrons. The van der Waals surface area contributed by atoms with E-state index in [-0.39, 0.29) is 36.1 Å². The molecular weight excluding hydrogens is 531 g/mol. The quantitative estimate of drug-likeness (QED) is 0.294. The van der Waals surface area contributed by atoms with Gasteiger partial charge in [0.15, 0.2) is 6.61 Å². The first kappa shape index (κ1) is 26.8. The Morgan fingerprint density at radius 2 is 1.78 bits per heavy atom. The molecule has 1 N–H and O–H groups in total. The van der Waals surface area contributed by atoms with Crippen molar-refractivity contribution in [3.8, 4) is 5.75 Å². The Kier molecular flexibility index (Phi) is 8.59. The Balaban J connectivity index is 1.35. The van der Waals surface area contributed by atoms with Crippen molar-refractivity contribution in [2.45, 2.75) is 26.3 Å². The van der Waals surface area contributed by atoms with E-state index < -0.39 is 0 Å². The molecule has 0 unspecified atom stereocenters. The standard InChI is InChI=1S/C28H24Cl2N2O4S/c1-17(2)22-5-3-4-6-24(22)31-26(33)16-36-21-11-7-18(8-12-21)13-25-27(34)32(28(35)37-25)15-19-9-10-20(29)14-23(19)30/h3-14,17H,15-16H2,1-2H3,(H,31,33)/b25-13+. The van der Waals surface area contributed by atoms with Crippen molar-refractivity contribution in [1.29, 1.82) is 0 Å². The third kappa shape index (κ3) is 6.74. The average Bonchev–Trinajstić information content (AvgIpc) is 3.12. The van der Waals surface area contributed by atoms with Crippen molar-refractivity contribution >= 4 is 63.8 Å². The highest BCUT2D eigenvalue weighted by Gasteiger charge is 2.35. The van der Waals surface area contributed by atoms with Crippen LogP contribution in [0.4, 0.5) is 10.5 Å². The Labute approximate surface area is 229 Å². The van der Waals surface area contributed by atoms with Crippen molar-refractivity contribution in [1.82, 2.24) is 4.90 Å². The first-order chi connectivity index (χ1) is 17.7. The first-order valence-electron chi connectivity index (χ1n) is 11.5. The van der Waals surface area contributed by atoms with Crippen molar-refractivity contribution in [2.75, 3.05) is 11.9 Å². The molecule has 1 fully saturated rings. The highest BCUT2D eigenvalue weighted by Crippen LogP contribution is 2.34. The van der Waals surface area contributed by atoms with Crippen molar-refractivity contribution in [2.24, 2.45) is 0 Å². The molecule has 0 bridgehead atoms. The molecule has 1 aliphatic rings. The van der Waals surface area contributed by atoms with Crippen LogP contribution in [0.3, 0.4) is 0 Å². The summed E-state index contributed by atoms with van der Waals surface area (Å²) in [5, 5.41) is 3.40. The van der Waals surface area contributed by atoms with E-state index in [9.17, 15) is 14.4 Å². The summed E-state index contributed by atoms with van der Waals surface area (Å²) in [5.41, 5.74) is 3.18. The Bertz CT molecular complexity index is 1370. The van der Waals surface area contributed by atoms with Crippen LogP contribution < -0.4 is 10.1 Å². The summed E-state index contributed by atoms with van der Waals surface area (Å²) in [4.78, 5) is 39.2. The van der Waals surface area contributed by atoms with E-state index in [1.165, 1.54) is 0 Å². The van der Waals surface area contributed by atoms with Gasteiger partial charge in [-0.2, -0.15) is 0 Å². The fourth-order valence-corrected chi connectivity index (χ4v) is 5.02. The fraction of sp³-hybridized carbons (Fsp3) is 0.179. The zero-order valence-corrected chi connectivity index (χ0v) is 22.5. The average molecular weight is 555 g/mol. The monoisotopic (exact) mass is 554 g/mol. The summed E-state index contributed by atoms with van der Waals surface area (Å²) in [6.45, 7) is 4.06. The number of imide groups is 1. The molecule has 1 heterocycles. The van der Waals surface area contributed by atoms with Crippen LogP contribution in [0.5, 0.6) is 5.75 Å². The second kappa shape index (κ2) is 11.9. The van der Waals surface area contributed by atoms with Crippen LogP contribution in [0.25, 0.3) is 6.08 Å². The second-order valence-corrected chi connectivity index (χ2v) is 10.5. The maximum atomic E-state index is 12.8. The first-order valence-corrected chi connectivity index (χ1v) is 13.1. The Morgan fingerprint density at radius 1 is 1.05 bits per heavy atom. The van der Waals surface area contributed by atoms with Gasteiger partial charge in [-0.05, 0) is 70.8 Å². The van der Waals surface area contributed by atoms with E-state index in [2.05, 4.69) is 19.2 Å². The number of nitrogens with zero attached hydrogens (tertiary/aromatic N) is 1. The number of hydrogen-bond donors (Lipinski definition) is 1. The molecule has 4 rings (SSSR count). The number of nitrogens with one attached hydrogen (secondary N) is 1. The second-order valence-electron chi connectivity index (χ2n) is 8.65. The van der Waals surface area contributed by atoms with E-state index in [1.54, 1.807) is 48.5 Å². The molecular formula is C28H24Cl2N2O4S. The Morgan fingerprint density at radius 3 is 2.49 bits per heavy atom. The lowest BCUT2D eigenvalue weighted by Gasteiger charge is -2.14. The van der Waals surface area contributed by atoms with Crippen LogP contribution in [0.2, 0.25) is 10.0 Å². The van der Waals surface area contributed by atoms with E-state index in [0.717, 1.165) is 33.5 Å². The number of halogens is 2. The number of carbonyl (C=O) groups is 3. The highest BCUT2D eigenvalue weighted by molar-refractivity contribution is 8.18. The lowest BCUT2D eigenvalue weighted by molar-refractivity contribution is -0.123. The fourth-order valence-electron chi connectivity index (χ4n) is 3.72. The van der Waals surface area contributed by atoms with Gasteiger partial charge < -0.3 is 10.1 Å². The van der Waals surface area contributed by atoms with Crippen molar-refractivity contribution in [3.63, 3.8) is 0 Å². The molecule has 0 atom stereocenters. The predicted molar refractivity (Wildman–Crippen MR) is 149 cm³/mol. The van der Waals surface area contributed by atoms with E-state index >= 15 is 0 Å². The van der Waals surface area contributed by atoms with E-state index in [0.29, 0.717) is 26.3 Å². The minimum Gasteiger partial charge on any atom is -0.484 e.